The molecule has 1 aliphatic heterocycles. The zero-order valence-corrected chi connectivity index (χ0v) is 21.7. The molecule has 1 saturated heterocycles. The maximum atomic E-state index is 13.5. The number of likely N-dealkylation sites (tertiary alicyclic amines) is 1. The molecule has 0 unspecified atom stereocenters. The van der Waals surface area contributed by atoms with Crippen molar-refractivity contribution in [3.8, 4) is 11.5 Å². The van der Waals surface area contributed by atoms with Crippen LogP contribution < -0.4 is 9.47 Å². The van der Waals surface area contributed by atoms with Crippen molar-refractivity contribution in [2.45, 2.75) is 53.1 Å². The van der Waals surface area contributed by atoms with Crippen molar-refractivity contribution in [2.75, 3.05) is 38.4 Å². The minimum Gasteiger partial charge on any atom is -0.493 e. The summed E-state index contributed by atoms with van der Waals surface area (Å²) in [6.45, 7) is 9.44. The molecule has 1 aliphatic rings. The van der Waals surface area contributed by atoms with Gasteiger partial charge < -0.3 is 19.1 Å². The predicted octanol–water partition coefficient (Wildman–Crippen LogP) is 5.71. The second-order valence-corrected chi connectivity index (χ2v) is 10.4. The second kappa shape index (κ2) is 13.7. The van der Waals surface area contributed by atoms with Gasteiger partial charge in [0.2, 0.25) is 0 Å². The van der Waals surface area contributed by atoms with E-state index in [0.717, 1.165) is 34.3 Å². The van der Waals surface area contributed by atoms with E-state index in [9.17, 15) is 14.9 Å². The van der Waals surface area contributed by atoms with E-state index >= 15 is 0 Å². The number of carbonyl (C=O) groups excluding carboxylic acids is 1. The molecule has 0 atom stereocenters. The normalized spacial score (nSPS) is 13.5. The minimum atomic E-state index is -0.538. The highest BCUT2D eigenvalue weighted by molar-refractivity contribution is 8.22. The van der Waals surface area contributed by atoms with Crippen molar-refractivity contribution < 1.29 is 23.9 Å². The average molecular weight is 499 g/mol. The fraction of sp³-hybridized carbons (Fsp3) is 0.609. The summed E-state index contributed by atoms with van der Waals surface area (Å²) in [5, 5.41) is 11.9. The van der Waals surface area contributed by atoms with Crippen LogP contribution in [0.2, 0.25) is 0 Å². The molecule has 0 N–H and O–H groups in total. The number of methoxy groups -OCH3 is 1. The third-order valence-electron chi connectivity index (χ3n) is 4.86. The SMILES string of the molecule is CCSC(SCC)=C1CCCN1C(=O)c1cc(OC)c(OCCCOC(C)C)cc1[N+](=O)[O-]. The van der Waals surface area contributed by atoms with Gasteiger partial charge in [-0.3, -0.25) is 14.9 Å². The van der Waals surface area contributed by atoms with Crippen molar-refractivity contribution >= 4 is 35.1 Å². The van der Waals surface area contributed by atoms with Crippen LogP contribution in [0.3, 0.4) is 0 Å². The molecule has 1 heterocycles. The molecule has 33 heavy (non-hydrogen) atoms. The number of allylic oxidation sites excluding steroid dienone is 1. The predicted molar refractivity (Wildman–Crippen MR) is 134 cm³/mol. The zero-order valence-electron chi connectivity index (χ0n) is 20.0. The van der Waals surface area contributed by atoms with E-state index in [4.69, 9.17) is 14.2 Å². The molecule has 10 heteroatoms. The summed E-state index contributed by atoms with van der Waals surface area (Å²) in [5.74, 6) is 1.96. The topological polar surface area (TPSA) is 91.1 Å². The smallest absolute Gasteiger partial charge is 0.286 e. The molecule has 0 bridgehead atoms. The van der Waals surface area contributed by atoms with Crippen LogP contribution in [-0.4, -0.2) is 60.2 Å². The van der Waals surface area contributed by atoms with Gasteiger partial charge in [-0.2, -0.15) is 0 Å². The molecule has 0 radical (unpaired) electrons. The molecule has 0 aromatic heterocycles. The second-order valence-electron chi connectivity index (χ2n) is 7.56. The van der Waals surface area contributed by atoms with E-state index in [0.29, 0.717) is 31.9 Å². The lowest BCUT2D eigenvalue weighted by Gasteiger charge is -2.21. The van der Waals surface area contributed by atoms with Gasteiger partial charge in [0, 0.05) is 24.7 Å². The van der Waals surface area contributed by atoms with Gasteiger partial charge in [-0.25, -0.2) is 0 Å². The van der Waals surface area contributed by atoms with Crippen molar-refractivity contribution in [2.24, 2.45) is 0 Å². The van der Waals surface area contributed by atoms with Gasteiger partial charge in [0.25, 0.3) is 11.6 Å². The number of benzene rings is 1. The highest BCUT2D eigenvalue weighted by atomic mass is 32.2. The van der Waals surface area contributed by atoms with Crippen LogP contribution in [0.25, 0.3) is 0 Å². The van der Waals surface area contributed by atoms with E-state index in [-0.39, 0.29) is 29.0 Å². The molecule has 1 aromatic rings. The van der Waals surface area contributed by atoms with Gasteiger partial charge in [0.05, 0.1) is 41.7 Å². The molecule has 2 rings (SSSR count). The fourth-order valence-corrected chi connectivity index (χ4v) is 5.75. The standard InChI is InChI=1S/C23H34N2O6S2/c1-6-32-23(33-7-2)18-10-8-11-24(18)22(26)17-14-20(29-5)21(15-19(17)25(27)28)31-13-9-12-30-16(3)4/h14-16H,6-13H2,1-5H3. The number of thioether (sulfide) groups is 2. The number of rotatable bonds is 13. The highest BCUT2D eigenvalue weighted by Gasteiger charge is 2.33. The van der Waals surface area contributed by atoms with Gasteiger partial charge in [-0.1, -0.05) is 13.8 Å². The number of nitro groups is 1. The molecular weight excluding hydrogens is 464 g/mol. The van der Waals surface area contributed by atoms with Crippen LogP contribution in [0.15, 0.2) is 22.1 Å². The van der Waals surface area contributed by atoms with Gasteiger partial charge in [0.15, 0.2) is 11.5 Å². The number of nitro benzene ring substituents is 1. The van der Waals surface area contributed by atoms with E-state index in [1.54, 1.807) is 28.4 Å². The summed E-state index contributed by atoms with van der Waals surface area (Å²) < 4.78 is 17.8. The van der Waals surface area contributed by atoms with E-state index in [1.807, 2.05) is 13.8 Å². The van der Waals surface area contributed by atoms with Gasteiger partial charge in [-0.15, -0.1) is 23.5 Å². The molecular formula is C23H34N2O6S2. The van der Waals surface area contributed by atoms with Crippen molar-refractivity contribution in [3.05, 3.63) is 37.7 Å². The van der Waals surface area contributed by atoms with Crippen LogP contribution in [-0.2, 0) is 4.74 Å². The first-order chi connectivity index (χ1) is 15.8. The summed E-state index contributed by atoms with van der Waals surface area (Å²) in [7, 11) is 1.46. The quantitative estimate of drug-likeness (QED) is 0.194. The maximum Gasteiger partial charge on any atom is 0.286 e. The Bertz CT molecular complexity index is 852. The Morgan fingerprint density at radius 2 is 1.88 bits per heavy atom. The van der Waals surface area contributed by atoms with Crippen molar-refractivity contribution in [1.29, 1.82) is 0 Å². The number of ether oxygens (including phenoxy) is 3. The Balaban J connectivity index is 2.33. The Kier molecular flexibility index (Phi) is 11.4. The molecule has 1 amide bonds. The lowest BCUT2D eigenvalue weighted by atomic mass is 10.1. The molecule has 0 saturated carbocycles. The number of amides is 1. The number of nitrogens with zero attached hydrogens (tertiary/aromatic N) is 2. The molecule has 0 aliphatic carbocycles. The molecule has 1 fully saturated rings. The number of carbonyl (C=O) groups is 1. The molecule has 8 nitrogen and oxygen atoms in total. The Hall–Kier alpha value is -1.91. The monoisotopic (exact) mass is 498 g/mol. The summed E-state index contributed by atoms with van der Waals surface area (Å²) in [6.07, 6.45) is 2.38. The lowest BCUT2D eigenvalue weighted by molar-refractivity contribution is -0.385. The first-order valence-corrected chi connectivity index (χ1v) is 13.2. The van der Waals surface area contributed by atoms with Gasteiger partial charge in [0.1, 0.15) is 5.56 Å². The summed E-state index contributed by atoms with van der Waals surface area (Å²) in [4.78, 5) is 26.5. The average Bonchev–Trinajstić information content (AvgIpc) is 3.27. The molecule has 184 valence electrons. The lowest BCUT2D eigenvalue weighted by Crippen LogP contribution is -2.27. The highest BCUT2D eigenvalue weighted by Crippen LogP contribution is 2.40. The van der Waals surface area contributed by atoms with Crippen LogP contribution >= 0.6 is 23.5 Å². The van der Waals surface area contributed by atoms with Gasteiger partial charge in [-0.05, 0) is 38.2 Å². The number of hydrogen-bond donors (Lipinski definition) is 0. The van der Waals surface area contributed by atoms with E-state index < -0.39 is 4.92 Å². The summed E-state index contributed by atoms with van der Waals surface area (Å²) >= 11 is 3.42. The number of hydrogen-bond acceptors (Lipinski definition) is 8. The third kappa shape index (κ3) is 7.55. The fourth-order valence-electron chi connectivity index (χ4n) is 3.43. The third-order valence-corrected chi connectivity index (χ3v) is 7.14. The minimum absolute atomic E-state index is 0.00841. The van der Waals surface area contributed by atoms with E-state index in [1.165, 1.54) is 19.2 Å². The van der Waals surface area contributed by atoms with Crippen LogP contribution in [0.4, 0.5) is 5.69 Å². The first-order valence-electron chi connectivity index (χ1n) is 11.2. The maximum absolute atomic E-state index is 13.5. The molecule has 0 spiro atoms. The first kappa shape index (κ1) is 27.3. The Morgan fingerprint density at radius 3 is 2.45 bits per heavy atom. The van der Waals surface area contributed by atoms with Crippen LogP contribution in [0.1, 0.15) is 57.3 Å². The van der Waals surface area contributed by atoms with Crippen molar-refractivity contribution in [1.82, 2.24) is 4.90 Å². The molecule has 1 aromatic carbocycles. The van der Waals surface area contributed by atoms with E-state index in [2.05, 4.69) is 13.8 Å². The van der Waals surface area contributed by atoms with Crippen molar-refractivity contribution in [3.63, 3.8) is 0 Å². The van der Waals surface area contributed by atoms with Crippen LogP contribution in [0.5, 0.6) is 11.5 Å². The Morgan fingerprint density at radius 1 is 1.18 bits per heavy atom. The van der Waals surface area contributed by atoms with Gasteiger partial charge >= 0.3 is 0 Å². The largest absolute Gasteiger partial charge is 0.493 e. The van der Waals surface area contributed by atoms with Crippen LogP contribution in [0, 0.1) is 10.1 Å². The Labute approximate surface area is 204 Å². The summed E-state index contributed by atoms with van der Waals surface area (Å²) in [6, 6.07) is 2.72. The summed E-state index contributed by atoms with van der Waals surface area (Å²) in [5.41, 5.74) is 0.680. The zero-order chi connectivity index (χ0) is 24.4.